The highest BCUT2D eigenvalue weighted by atomic mass is 16.5. The van der Waals surface area contributed by atoms with Gasteiger partial charge in [-0.1, -0.05) is 0 Å². The minimum absolute atomic E-state index is 0.661. The van der Waals surface area contributed by atoms with E-state index in [2.05, 4.69) is 6.92 Å². The molecule has 0 aromatic heterocycles. The summed E-state index contributed by atoms with van der Waals surface area (Å²) < 4.78 is 5.10. The van der Waals surface area contributed by atoms with Gasteiger partial charge in [0, 0.05) is 12.8 Å². The van der Waals surface area contributed by atoms with E-state index in [0.717, 1.165) is 26.1 Å². The predicted molar refractivity (Wildman–Crippen MR) is 28.9 cm³/mol. The van der Waals surface area contributed by atoms with Crippen LogP contribution in [0.25, 0.3) is 0 Å². The van der Waals surface area contributed by atoms with Crippen LogP contribution in [-0.2, 0) is 4.74 Å². The molecule has 1 nitrogen and oxygen atoms in total. The SMILES string of the molecule is [CH2+]C1CCOCC1. The standard InChI is InChI=1S/C6H11O/c1-6-2-4-7-5-3-6/h6H,1-5H2/q+1. The molecule has 0 amide bonds. The van der Waals surface area contributed by atoms with Crippen LogP contribution in [0.4, 0.5) is 0 Å². The zero-order chi connectivity index (χ0) is 5.11. The van der Waals surface area contributed by atoms with Crippen molar-refractivity contribution in [3.05, 3.63) is 6.92 Å². The molecule has 0 atom stereocenters. The van der Waals surface area contributed by atoms with Gasteiger partial charge in [-0.15, -0.1) is 0 Å². The van der Waals surface area contributed by atoms with Gasteiger partial charge in [0.2, 0.25) is 0 Å². The summed E-state index contributed by atoms with van der Waals surface area (Å²) in [4.78, 5) is 0. The Morgan fingerprint density at radius 1 is 1.29 bits per heavy atom. The van der Waals surface area contributed by atoms with Crippen LogP contribution in [0.5, 0.6) is 0 Å². The van der Waals surface area contributed by atoms with Crippen molar-refractivity contribution in [1.29, 1.82) is 0 Å². The van der Waals surface area contributed by atoms with Gasteiger partial charge in [-0.2, -0.15) is 0 Å². The quantitative estimate of drug-likeness (QED) is 0.415. The molecule has 1 aliphatic heterocycles. The zero-order valence-electron chi connectivity index (χ0n) is 4.52. The first-order valence-corrected chi connectivity index (χ1v) is 2.80. The Morgan fingerprint density at radius 3 is 2.14 bits per heavy atom. The molecule has 0 spiro atoms. The Morgan fingerprint density at radius 2 is 1.86 bits per heavy atom. The third-order valence-corrected chi connectivity index (χ3v) is 1.34. The van der Waals surface area contributed by atoms with Crippen molar-refractivity contribution in [2.24, 2.45) is 5.92 Å². The van der Waals surface area contributed by atoms with E-state index in [-0.39, 0.29) is 0 Å². The molecule has 0 aromatic rings. The van der Waals surface area contributed by atoms with Crippen molar-refractivity contribution in [3.63, 3.8) is 0 Å². The topological polar surface area (TPSA) is 9.23 Å². The van der Waals surface area contributed by atoms with Crippen LogP contribution in [0.15, 0.2) is 0 Å². The Balaban J connectivity index is 2.12. The summed E-state index contributed by atoms with van der Waals surface area (Å²) in [6.07, 6.45) is 2.31. The van der Waals surface area contributed by atoms with E-state index in [1.54, 1.807) is 0 Å². The first-order chi connectivity index (χ1) is 3.39. The Labute approximate surface area is 44.7 Å². The molecule has 1 fully saturated rings. The van der Waals surface area contributed by atoms with Crippen molar-refractivity contribution in [3.8, 4) is 0 Å². The number of ether oxygens (including phenoxy) is 1. The van der Waals surface area contributed by atoms with Crippen molar-refractivity contribution in [2.45, 2.75) is 12.8 Å². The second-order valence-corrected chi connectivity index (χ2v) is 2.06. The molecule has 0 N–H and O–H groups in total. The molecule has 1 saturated heterocycles. The summed E-state index contributed by atoms with van der Waals surface area (Å²) in [6.45, 7) is 5.77. The summed E-state index contributed by atoms with van der Waals surface area (Å²) in [5.41, 5.74) is 0. The minimum atomic E-state index is 0.661. The Kier molecular flexibility index (Phi) is 1.58. The second kappa shape index (κ2) is 2.22. The molecular formula is C6H11O+. The van der Waals surface area contributed by atoms with Gasteiger partial charge < -0.3 is 4.74 Å². The molecule has 40 valence electrons. The summed E-state index contributed by atoms with van der Waals surface area (Å²) in [5, 5.41) is 0. The lowest BCUT2D eigenvalue weighted by molar-refractivity contribution is 0.0779. The van der Waals surface area contributed by atoms with Gasteiger partial charge in [-0.25, -0.2) is 0 Å². The predicted octanol–water partition coefficient (Wildman–Crippen LogP) is 1.25. The molecule has 0 bridgehead atoms. The molecule has 0 aromatic carbocycles. The minimum Gasteiger partial charge on any atom is -0.381 e. The van der Waals surface area contributed by atoms with Gasteiger partial charge in [0.25, 0.3) is 0 Å². The highest BCUT2D eigenvalue weighted by molar-refractivity contribution is 4.63. The van der Waals surface area contributed by atoms with Gasteiger partial charge in [0.1, 0.15) is 0 Å². The smallest absolute Gasteiger partial charge is 0.0996 e. The fraction of sp³-hybridized carbons (Fsp3) is 0.833. The molecule has 1 heterocycles. The number of hydrogen-bond donors (Lipinski definition) is 0. The molecule has 1 rings (SSSR count). The molecule has 0 radical (unpaired) electrons. The number of hydrogen-bond acceptors (Lipinski definition) is 1. The zero-order valence-corrected chi connectivity index (χ0v) is 4.52. The fourth-order valence-corrected chi connectivity index (χ4v) is 0.746. The highest BCUT2D eigenvalue weighted by Gasteiger charge is 2.12. The average molecular weight is 99.2 g/mol. The maximum absolute atomic E-state index is 5.10. The highest BCUT2D eigenvalue weighted by Crippen LogP contribution is 2.11. The van der Waals surface area contributed by atoms with Crippen molar-refractivity contribution < 1.29 is 4.74 Å². The van der Waals surface area contributed by atoms with Gasteiger partial charge in [-0.05, 0) is 0 Å². The van der Waals surface area contributed by atoms with Crippen LogP contribution in [0.2, 0.25) is 0 Å². The van der Waals surface area contributed by atoms with Crippen LogP contribution in [-0.4, -0.2) is 13.2 Å². The lowest BCUT2D eigenvalue weighted by Crippen LogP contribution is -2.12. The molecule has 0 aliphatic carbocycles. The summed E-state index contributed by atoms with van der Waals surface area (Å²) in [6, 6.07) is 0. The van der Waals surface area contributed by atoms with Crippen LogP contribution in [0.1, 0.15) is 12.8 Å². The summed E-state index contributed by atoms with van der Waals surface area (Å²) in [7, 11) is 0. The van der Waals surface area contributed by atoms with E-state index in [9.17, 15) is 0 Å². The summed E-state index contributed by atoms with van der Waals surface area (Å²) in [5.74, 6) is 0.661. The number of rotatable bonds is 0. The van der Waals surface area contributed by atoms with E-state index < -0.39 is 0 Å². The van der Waals surface area contributed by atoms with Gasteiger partial charge in [-0.3, -0.25) is 0 Å². The molecule has 0 saturated carbocycles. The van der Waals surface area contributed by atoms with Gasteiger partial charge >= 0.3 is 0 Å². The lowest BCUT2D eigenvalue weighted by Gasteiger charge is -2.11. The van der Waals surface area contributed by atoms with E-state index in [1.807, 2.05) is 0 Å². The largest absolute Gasteiger partial charge is 0.381 e. The maximum atomic E-state index is 5.10. The monoisotopic (exact) mass is 99.1 g/mol. The van der Waals surface area contributed by atoms with Crippen LogP contribution < -0.4 is 0 Å². The third kappa shape index (κ3) is 1.39. The van der Waals surface area contributed by atoms with Crippen LogP contribution >= 0.6 is 0 Å². The maximum Gasteiger partial charge on any atom is 0.0996 e. The molecule has 7 heavy (non-hydrogen) atoms. The third-order valence-electron chi connectivity index (χ3n) is 1.34. The van der Waals surface area contributed by atoms with Crippen molar-refractivity contribution in [2.75, 3.05) is 13.2 Å². The lowest BCUT2D eigenvalue weighted by atomic mass is 10.0. The first kappa shape index (κ1) is 4.98. The van der Waals surface area contributed by atoms with Crippen LogP contribution in [0.3, 0.4) is 0 Å². The van der Waals surface area contributed by atoms with Crippen LogP contribution in [0, 0.1) is 12.8 Å². The van der Waals surface area contributed by atoms with Gasteiger partial charge in [0.15, 0.2) is 0 Å². The molecule has 1 heteroatoms. The molecule has 1 aliphatic rings. The van der Waals surface area contributed by atoms with Crippen molar-refractivity contribution in [1.82, 2.24) is 0 Å². The summed E-state index contributed by atoms with van der Waals surface area (Å²) >= 11 is 0. The molecular weight excluding hydrogens is 88.1 g/mol. The average Bonchev–Trinajstić information content (AvgIpc) is 1.69. The first-order valence-electron chi connectivity index (χ1n) is 2.80. The fourth-order valence-electron chi connectivity index (χ4n) is 0.746. The van der Waals surface area contributed by atoms with E-state index >= 15 is 0 Å². The van der Waals surface area contributed by atoms with Crippen molar-refractivity contribution >= 4 is 0 Å². The van der Waals surface area contributed by atoms with Gasteiger partial charge in [0.05, 0.1) is 26.1 Å². The van der Waals surface area contributed by atoms with E-state index in [0.29, 0.717) is 5.92 Å². The second-order valence-electron chi connectivity index (χ2n) is 2.06. The Hall–Kier alpha value is -0.170. The normalized spacial score (nSPS) is 25.1. The van der Waals surface area contributed by atoms with E-state index in [1.165, 1.54) is 0 Å². The molecule has 0 unspecified atom stereocenters. The van der Waals surface area contributed by atoms with E-state index in [4.69, 9.17) is 4.74 Å². The Bertz CT molecular complexity index is 46.1.